The Morgan fingerprint density at radius 1 is 1.47 bits per heavy atom. The molecule has 0 aliphatic heterocycles. The molecule has 0 bridgehead atoms. The molecule has 2 unspecified atom stereocenters. The fourth-order valence-electron chi connectivity index (χ4n) is 1.22. The van der Waals surface area contributed by atoms with E-state index >= 15 is 0 Å². The minimum Gasteiger partial charge on any atom is -0.396 e. The van der Waals surface area contributed by atoms with Crippen molar-refractivity contribution in [3.05, 3.63) is 18.3 Å². The van der Waals surface area contributed by atoms with Crippen LogP contribution in [0.5, 0.6) is 0 Å². The molecule has 0 fully saturated rings. The van der Waals surface area contributed by atoms with Gasteiger partial charge >= 0.3 is 0 Å². The van der Waals surface area contributed by atoms with E-state index in [1.807, 2.05) is 26.1 Å². The zero-order valence-electron chi connectivity index (χ0n) is 9.49. The Bertz CT molecular complexity index is 304. The fraction of sp³-hybridized carbons (Fsp3) is 0.545. The summed E-state index contributed by atoms with van der Waals surface area (Å²) in [6, 6.07) is 4.10. The largest absolute Gasteiger partial charge is 0.396 e. The smallest absolute Gasteiger partial charge is 0.127 e. The average molecular weight is 209 g/mol. The average Bonchev–Trinajstić information content (AvgIpc) is 2.28. The van der Waals surface area contributed by atoms with E-state index in [1.54, 1.807) is 6.20 Å². The Morgan fingerprint density at radius 2 is 2.20 bits per heavy atom. The van der Waals surface area contributed by atoms with Crippen LogP contribution in [0.15, 0.2) is 18.3 Å². The van der Waals surface area contributed by atoms with E-state index in [-0.39, 0.29) is 18.6 Å². The van der Waals surface area contributed by atoms with Gasteiger partial charge in [-0.1, -0.05) is 6.92 Å². The number of nitrogens with zero attached hydrogens (tertiary/aromatic N) is 1. The van der Waals surface area contributed by atoms with Crippen LogP contribution in [0.1, 0.15) is 13.8 Å². The first-order valence-corrected chi connectivity index (χ1v) is 5.18. The van der Waals surface area contributed by atoms with Crippen molar-refractivity contribution in [2.24, 2.45) is 5.92 Å². The van der Waals surface area contributed by atoms with Gasteiger partial charge in [0.1, 0.15) is 5.82 Å². The van der Waals surface area contributed by atoms with Crippen molar-refractivity contribution in [3.8, 4) is 0 Å². The summed E-state index contributed by atoms with van der Waals surface area (Å²) in [5, 5.41) is 15.3. The van der Waals surface area contributed by atoms with Crippen LogP contribution in [-0.4, -0.2) is 29.8 Å². The molecule has 0 spiro atoms. The molecule has 0 aliphatic carbocycles. The van der Waals surface area contributed by atoms with Gasteiger partial charge in [0.05, 0.1) is 0 Å². The quantitative estimate of drug-likeness (QED) is 0.688. The Labute approximate surface area is 90.7 Å². The molecule has 84 valence electrons. The maximum absolute atomic E-state index is 9.02. The van der Waals surface area contributed by atoms with Crippen LogP contribution >= 0.6 is 0 Å². The van der Waals surface area contributed by atoms with Gasteiger partial charge < -0.3 is 15.7 Å². The van der Waals surface area contributed by atoms with Crippen LogP contribution in [-0.2, 0) is 0 Å². The Hall–Kier alpha value is -1.29. The van der Waals surface area contributed by atoms with Crippen LogP contribution < -0.4 is 10.6 Å². The third-order valence-electron chi connectivity index (χ3n) is 2.55. The predicted octanol–water partition coefficient (Wildman–Crippen LogP) is 1.55. The standard InChI is InChI=1S/C11H19N3O/c1-8(7-15)9(2)14-10-4-5-13-11(6-10)12-3/h4-6,8-9,15H,7H2,1-3H3,(H2,12,13,14). The molecule has 0 aliphatic rings. The van der Waals surface area contributed by atoms with Crippen molar-refractivity contribution in [1.82, 2.24) is 4.98 Å². The predicted molar refractivity (Wildman–Crippen MR) is 63.1 cm³/mol. The summed E-state index contributed by atoms with van der Waals surface area (Å²) >= 11 is 0. The number of anilines is 2. The summed E-state index contributed by atoms with van der Waals surface area (Å²) in [6.45, 7) is 4.26. The third kappa shape index (κ3) is 3.40. The number of aliphatic hydroxyl groups excluding tert-OH is 1. The third-order valence-corrected chi connectivity index (χ3v) is 2.55. The summed E-state index contributed by atoms with van der Waals surface area (Å²) in [5.41, 5.74) is 1.02. The summed E-state index contributed by atoms with van der Waals surface area (Å²) in [5.74, 6) is 1.07. The lowest BCUT2D eigenvalue weighted by atomic mass is 10.1. The first-order valence-electron chi connectivity index (χ1n) is 5.18. The molecule has 0 aromatic carbocycles. The first-order chi connectivity index (χ1) is 7.17. The second-order valence-electron chi connectivity index (χ2n) is 3.77. The highest BCUT2D eigenvalue weighted by atomic mass is 16.3. The van der Waals surface area contributed by atoms with E-state index in [2.05, 4.69) is 22.5 Å². The van der Waals surface area contributed by atoms with Crippen molar-refractivity contribution in [2.45, 2.75) is 19.9 Å². The molecule has 0 amide bonds. The minimum absolute atomic E-state index is 0.193. The molecular weight excluding hydrogens is 190 g/mol. The maximum atomic E-state index is 9.02. The van der Waals surface area contributed by atoms with E-state index in [9.17, 15) is 0 Å². The van der Waals surface area contributed by atoms with Crippen LogP contribution in [0.3, 0.4) is 0 Å². The SMILES string of the molecule is CNc1cc(NC(C)C(C)CO)ccn1. The van der Waals surface area contributed by atoms with E-state index in [1.165, 1.54) is 0 Å². The van der Waals surface area contributed by atoms with E-state index in [4.69, 9.17) is 5.11 Å². The number of aromatic nitrogens is 1. The number of rotatable bonds is 5. The van der Waals surface area contributed by atoms with Gasteiger partial charge in [-0.25, -0.2) is 4.98 Å². The molecule has 2 atom stereocenters. The van der Waals surface area contributed by atoms with Gasteiger partial charge in [-0.05, 0) is 18.9 Å². The summed E-state index contributed by atoms with van der Waals surface area (Å²) < 4.78 is 0. The molecule has 4 heteroatoms. The van der Waals surface area contributed by atoms with Crippen molar-refractivity contribution >= 4 is 11.5 Å². The lowest BCUT2D eigenvalue weighted by molar-refractivity contribution is 0.226. The van der Waals surface area contributed by atoms with E-state index < -0.39 is 0 Å². The molecule has 3 N–H and O–H groups in total. The van der Waals surface area contributed by atoms with Gasteiger partial charge in [0.2, 0.25) is 0 Å². The van der Waals surface area contributed by atoms with Crippen LogP contribution in [0.25, 0.3) is 0 Å². The highest BCUT2D eigenvalue weighted by Crippen LogP contribution is 2.14. The molecule has 0 saturated heterocycles. The lowest BCUT2D eigenvalue weighted by Gasteiger charge is -2.20. The first kappa shape index (κ1) is 11.8. The second kappa shape index (κ2) is 5.56. The highest BCUT2D eigenvalue weighted by Gasteiger charge is 2.10. The van der Waals surface area contributed by atoms with Gasteiger partial charge in [-0.2, -0.15) is 0 Å². The number of hydrogen-bond acceptors (Lipinski definition) is 4. The minimum atomic E-state index is 0.193. The van der Waals surface area contributed by atoms with E-state index in [0.717, 1.165) is 11.5 Å². The number of nitrogens with one attached hydrogen (secondary N) is 2. The molecule has 4 nitrogen and oxygen atoms in total. The molecule has 0 saturated carbocycles. The normalized spacial score (nSPS) is 14.4. The monoisotopic (exact) mass is 209 g/mol. The van der Waals surface area contributed by atoms with Gasteiger partial charge in [-0.3, -0.25) is 0 Å². The Morgan fingerprint density at radius 3 is 2.80 bits per heavy atom. The molecular formula is C11H19N3O. The summed E-state index contributed by atoms with van der Waals surface area (Å²) in [7, 11) is 1.84. The number of aliphatic hydroxyl groups is 1. The highest BCUT2D eigenvalue weighted by molar-refractivity contribution is 5.52. The van der Waals surface area contributed by atoms with Crippen LogP contribution in [0.4, 0.5) is 11.5 Å². The van der Waals surface area contributed by atoms with Crippen molar-refractivity contribution in [1.29, 1.82) is 0 Å². The molecule has 0 radical (unpaired) electrons. The zero-order chi connectivity index (χ0) is 11.3. The summed E-state index contributed by atoms with van der Waals surface area (Å²) in [6.07, 6.45) is 1.75. The van der Waals surface area contributed by atoms with Crippen LogP contribution in [0, 0.1) is 5.92 Å². The lowest BCUT2D eigenvalue weighted by Crippen LogP contribution is -2.26. The molecule has 1 aromatic rings. The van der Waals surface area contributed by atoms with Crippen molar-refractivity contribution < 1.29 is 5.11 Å². The van der Waals surface area contributed by atoms with Gasteiger partial charge in [-0.15, -0.1) is 0 Å². The van der Waals surface area contributed by atoms with Crippen LogP contribution in [0.2, 0.25) is 0 Å². The maximum Gasteiger partial charge on any atom is 0.127 e. The van der Waals surface area contributed by atoms with Crippen molar-refractivity contribution in [2.75, 3.05) is 24.3 Å². The Balaban J connectivity index is 2.63. The topological polar surface area (TPSA) is 57.2 Å². The van der Waals surface area contributed by atoms with Gasteiger partial charge in [0, 0.05) is 37.6 Å². The van der Waals surface area contributed by atoms with Gasteiger partial charge in [0.25, 0.3) is 0 Å². The molecule has 1 aromatic heterocycles. The zero-order valence-corrected chi connectivity index (χ0v) is 9.49. The Kier molecular flexibility index (Phi) is 4.37. The molecule has 1 heterocycles. The van der Waals surface area contributed by atoms with E-state index in [0.29, 0.717) is 0 Å². The molecule has 1 rings (SSSR count). The number of pyridine rings is 1. The number of hydrogen-bond donors (Lipinski definition) is 3. The molecule has 15 heavy (non-hydrogen) atoms. The second-order valence-corrected chi connectivity index (χ2v) is 3.77. The fourth-order valence-corrected chi connectivity index (χ4v) is 1.22. The van der Waals surface area contributed by atoms with Gasteiger partial charge in [0.15, 0.2) is 0 Å². The van der Waals surface area contributed by atoms with Crippen molar-refractivity contribution in [3.63, 3.8) is 0 Å². The summed E-state index contributed by atoms with van der Waals surface area (Å²) in [4.78, 5) is 4.13.